The summed E-state index contributed by atoms with van der Waals surface area (Å²) in [6.07, 6.45) is -12.6. The topological polar surface area (TPSA) is 107 Å². The average molecular weight is 296 g/mol. The lowest BCUT2D eigenvalue weighted by atomic mass is 10.6. The van der Waals surface area contributed by atoms with E-state index in [-0.39, 0.29) is 0 Å². The van der Waals surface area contributed by atoms with Crippen LogP contribution in [0.5, 0.6) is 0 Å². The number of hydrogen-bond acceptors (Lipinski definition) is 6. The van der Waals surface area contributed by atoms with E-state index >= 15 is 0 Å². The van der Waals surface area contributed by atoms with E-state index < -0.39 is 33.1 Å². The van der Waals surface area contributed by atoms with Crippen LogP contribution in [-0.2, 0) is 28.6 Å². The molecule has 0 aliphatic carbocycles. The van der Waals surface area contributed by atoms with Crippen LogP contribution >= 0.6 is 0 Å². The summed E-state index contributed by atoms with van der Waals surface area (Å²) in [4.78, 5) is 0. The molecule has 0 unspecified atom stereocenters. The van der Waals surface area contributed by atoms with Crippen molar-refractivity contribution in [2.24, 2.45) is 0 Å². The molecule has 0 aromatic heterocycles. The molecule has 0 radical (unpaired) electrons. The Morgan fingerprint density at radius 1 is 0.938 bits per heavy atom. The normalized spacial score (nSPS) is 15.1. The van der Waals surface area contributed by atoms with Crippen LogP contribution in [0.3, 0.4) is 0 Å². The molecule has 0 amide bonds. The van der Waals surface area contributed by atoms with Crippen molar-refractivity contribution in [1.29, 1.82) is 0 Å². The number of alkyl halides is 5. The standard InChI is InChI=1S/C2HF5O7S2/c3-1(4,5)2(6,7)13-16(11,12)14-15(8,9)10/h(H,8,9,10). The Labute approximate surface area is 85.0 Å². The van der Waals surface area contributed by atoms with Crippen molar-refractivity contribution < 1.29 is 51.2 Å². The highest BCUT2D eigenvalue weighted by molar-refractivity contribution is 7.94. The molecule has 0 saturated heterocycles. The predicted molar refractivity (Wildman–Crippen MR) is 33.6 cm³/mol. The summed E-state index contributed by atoms with van der Waals surface area (Å²) in [5.41, 5.74) is 0. The molecular formula is C2HF5O7S2. The molecule has 0 rings (SSSR count). The first kappa shape index (κ1) is 15.4. The Morgan fingerprint density at radius 2 is 1.31 bits per heavy atom. The largest absolute Gasteiger partial charge is 0.484 e. The van der Waals surface area contributed by atoms with Crippen molar-refractivity contribution >= 4 is 20.8 Å². The molecule has 0 aromatic rings. The van der Waals surface area contributed by atoms with Gasteiger partial charge in [0.15, 0.2) is 0 Å². The zero-order valence-electron chi connectivity index (χ0n) is 6.60. The summed E-state index contributed by atoms with van der Waals surface area (Å²) in [6, 6.07) is 0. The predicted octanol–water partition coefficient (Wildman–Crippen LogP) is 0.222. The molecule has 0 bridgehead atoms. The summed E-state index contributed by atoms with van der Waals surface area (Å²) in [6.45, 7) is 0. The SMILES string of the molecule is O=S(=O)(O)OS(=O)(=O)OC(F)(F)C(F)(F)F. The van der Waals surface area contributed by atoms with E-state index in [1.54, 1.807) is 0 Å². The first-order valence-electron chi connectivity index (χ1n) is 2.75. The molecule has 0 heterocycles. The van der Waals surface area contributed by atoms with Gasteiger partial charge in [-0.3, -0.25) is 4.55 Å². The van der Waals surface area contributed by atoms with E-state index in [9.17, 15) is 38.8 Å². The highest BCUT2D eigenvalue weighted by atomic mass is 32.3. The van der Waals surface area contributed by atoms with Crippen LogP contribution in [-0.4, -0.2) is 33.7 Å². The van der Waals surface area contributed by atoms with Gasteiger partial charge in [-0.2, -0.15) is 43.0 Å². The molecule has 7 nitrogen and oxygen atoms in total. The van der Waals surface area contributed by atoms with Gasteiger partial charge in [-0.1, -0.05) is 0 Å². The molecule has 14 heteroatoms. The second kappa shape index (κ2) is 4.02. The Kier molecular flexibility index (Phi) is 3.88. The molecule has 0 aliphatic rings. The van der Waals surface area contributed by atoms with Gasteiger partial charge in [0.1, 0.15) is 0 Å². The molecule has 98 valence electrons. The molecule has 0 fully saturated rings. The maximum absolute atomic E-state index is 11.9. The minimum atomic E-state index is -6.41. The van der Waals surface area contributed by atoms with Gasteiger partial charge in [0.05, 0.1) is 0 Å². The highest BCUT2D eigenvalue weighted by Crippen LogP contribution is 2.37. The van der Waals surface area contributed by atoms with Gasteiger partial charge in [0.25, 0.3) is 0 Å². The highest BCUT2D eigenvalue weighted by Gasteiger charge is 2.63. The van der Waals surface area contributed by atoms with Crippen LogP contribution in [0.1, 0.15) is 0 Å². The lowest BCUT2D eigenvalue weighted by Crippen LogP contribution is -2.41. The molecule has 0 aliphatic heterocycles. The van der Waals surface area contributed by atoms with E-state index in [0.717, 1.165) is 0 Å². The third kappa shape index (κ3) is 4.97. The van der Waals surface area contributed by atoms with Gasteiger partial charge in [-0.15, -0.1) is 3.63 Å². The van der Waals surface area contributed by atoms with Gasteiger partial charge >= 0.3 is 33.1 Å². The van der Waals surface area contributed by atoms with Crippen molar-refractivity contribution in [2.45, 2.75) is 12.3 Å². The number of rotatable bonds is 4. The summed E-state index contributed by atoms with van der Waals surface area (Å²) < 4.78 is 110. The zero-order valence-corrected chi connectivity index (χ0v) is 8.24. The van der Waals surface area contributed by atoms with Crippen molar-refractivity contribution in [3.8, 4) is 0 Å². The summed E-state index contributed by atoms with van der Waals surface area (Å²) >= 11 is 0. The fourth-order valence-electron chi connectivity index (χ4n) is 0.295. The lowest BCUT2D eigenvalue weighted by molar-refractivity contribution is -0.360. The first-order chi connectivity index (χ1) is 6.66. The molecule has 16 heavy (non-hydrogen) atoms. The smallest absolute Gasteiger partial charge is 0.263 e. The van der Waals surface area contributed by atoms with Gasteiger partial charge in [-0.25, -0.2) is 0 Å². The van der Waals surface area contributed by atoms with Gasteiger partial charge in [0, 0.05) is 0 Å². The fraction of sp³-hybridized carbons (Fsp3) is 1.00. The summed E-state index contributed by atoms with van der Waals surface area (Å²) in [5.74, 6) is 0. The molecule has 1 N–H and O–H groups in total. The van der Waals surface area contributed by atoms with Crippen molar-refractivity contribution in [3.63, 3.8) is 0 Å². The monoisotopic (exact) mass is 296 g/mol. The van der Waals surface area contributed by atoms with Crippen molar-refractivity contribution in [3.05, 3.63) is 0 Å². The number of halogens is 5. The van der Waals surface area contributed by atoms with E-state index in [4.69, 9.17) is 4.55 Å². The second-order valence-corrected chi connectivity index (χ2v) is 4.38. The lowest BCUT2D eigenvalue weighted by Gasteiger charge is -2.17. The van der Waals surface area contributed by atoms with E-state index in [1.807, 2.05) is 0 Å². The van der Waals surface area contributed by atoms with Gasteiger partial charge in [-0.05, 0) is 0 Å². The van der Waals surface area contributed by atoms with Crippen LogP contribution in [0.15, 0.2) is 0 Å². The summed E-state index contributed by atoms with van der Waals surface area (Å²) in [5, 5.41) is 0. The van der Waals surface area contributed by atoms with Crippen LogP contribution in [0.2, 0.25) is 0 Å². The van der Waals surface area contributed by atoms with Crippen molar-refractivity contribution in [2.75, 3.05) is 0 Å². The fourth-order valence-corrected chi connectivity index (χ4v) is 1.60. The number of hydrogen-bond donors (Lipinski definition) is 1. The van der Waals surface area contributed by atoms with Crippen LogP contribution in [0, 0.1) is 0 Å². The van der Waals surface area contributed by atoms with Crippen LogP contribution in [0.25, 0.3) is 0 Å². The van der Waals surface area contributed by atoms with E-state index in [0.29, 0.717) is 0 Å². The van der Waals surface area contributed by atoms with Gasteiger partial charge < -0.3 is 0 Å². The molecule has 0 atom stereocenters. The third-order valence-electron chi connectivity index (χ3n) is 0.706. The Bertz CT molecular complexity index is 444. The zero-order chi connectivity index (χ0) is 13.4. The Balaban J connectivity index is 5.02. The Morgan fingerprint density at radius 3 is 1.56 bits per heavy atom. The first-order valence-corrected chi connectivity index (χ1v) is 5.45. The van der Waals surface area contributed by atoms with Crippen LogP contribution in [0.4, 0.5) is 22.0 Å². The molecular weight excluding hydrogens is 295 g/mol. The van der Waals surface area contributed by atoms with Gasteiger partial charge in [0.2, 0.25) is 0 Å². The minimum absolute atomic E-state index is 2.12. The Hall–Kier alpha value is -0.570. The maximum Gasteiger partial charge on any atom is 0.484 e. The summed E-state index contributed by atoms with van der Waals surface area (Å²) in [7, 11) is -12.1. The minimum Gasteiger partial charge on any atom is -0.263 e. The second-order valence-electron chi connectivity index (χ2n) is 2.00. The van der Waals surface area contributed by atoms with Crippen LogP contribution < -0.4 is 0 Å². The third-order valence-corrected chi connectivity index (χ3v) is 2.47. The quantitative estimate of drug-likeness (QED) is 0.584. The molecule has 0 spiro atoms. The van der Waals surface area contributed by atoms with E-state index in [1.165, 1.54) is 0 Å². The van der Waals surface area contributed by atoms with E-state index in [2.05, 4.69) is 7.81 Å². The maximum atomic E-state index is 11.9. The van der Waals surface area contributed by atoms with Crippen molar-refractivity contribution in [1.82, 2.24) is 0 Å². The average Bonchev–Trinajstić information content (AvgIpc) is 1.72. The molecule has 0 aromatic carbocycles. The molecule has 0 saturated carbocycles.